The number of nitro groups is 1. The minimum absolute atomic E-state index is 0.184. The maximum absolute atomic E-state index is 13.4. The van der Waals surface area contributed by atoms with E-state index in [0.717, 1.165) is 37.2 Å². The van der Waals surface area contributed by atoms with Gasteiger partial charge in [0.1, 0.15) is 5.82 Å². The Bertz CT molecular complexity index is 745. The molecule has 1 saturated heterocycles. The lowest BCUT2D eigenvalue weighted by atomic mass is 9.89. The van der Waals surface area contributed by atoms with E-state index in [4.69, 9.17) is 0 Å². The summed E-state index contributed by atoms with van der Waals surface area (Å²) in [5.74, 6) is 0.189. The van der Waals surface area contributed by atoms with Crippen molar-refractivity contribution in [2.24, 2.45) is 0 Å². The molecule has 1 heterocycles. The number of aryl methyl sites for hydroxylation is 2. The fourth-order valence-corrected chi connectivity index (χ4v) is 3.64. The first-order valence-electron chi connectivity index (χ1n) is 8.22. The van der Waals surface area contributed by atoms with Crippen LogP contribution in [0.5, 0.6) is 0 Å². The van der Waals surface area contributed by atoms with E-state index >= 15 is 0 Å². The molecule has 0 N–H and O–H groups in total. The molecule has 0 atom stereocenters. The van der Waals surface area contributed by atoms with Crippen molar-refractivity contribution in [2.45, 2.75) is 32.6 Å². The van der Waals surface area contributed by atoms with Gasteiger partial charge in [0.15, 0.2) is 0 Å². The van der Waals surface area contributed by atoms with Gasteiger partial charge in [-0.15, -0.1) is 0 Å². The van der Waals surface area contributed by atoms with Crippen molar-refractivity contribution < 1.29 is 9.31 Å². The second kappa shape index (κ2) is 6.59. The zero-order valence-electron chi connectivity index (χ0n) is 14.0. The Morgan fingerprint density at radius 3 is 2.29 bits per heavy atom. The summed E-state index contributed by atoms with van der Waals surface area (Å²) in [6.45, 7) is 5.32. The molecule has 0 bridgehead atoms. The molecule has 1 fully saturated rings. The van der Waals surface area contributed by atoms with Crippen LogP contribution in [0.4, 0.5) is 15.8 Å². The molecule has 1 aliphatic heterocycles. The lowest BCUT2D eigenvalue weighted by Gasteiger charge is -2.34. The van der Waals surface area contributed by atoms with E-state index in [1.54, 1.807) is 26.0 Å². The molecule has 0 amide bonds. The molecule has 2 aromatic rings. The van der Waals surface area contributed by atoms with Crippen molar-refractivity contribution in [3.05, 3.63) is 69.0 Å². The number of nitro benzene ring substituents is 1. The molecular weight excluding hydrogens is 307 g/mol. The maximum atomic E-state index is 13.4. The standard InChI is InChI=1S/C19H21FN2O2/c1-13-10-18(11-14(2)19(13)22(23)24)21-8-6-15(7-9-21)16-4-3-5-17(20)12-16/h3-5,10-12,15H,6-9H2,1-2H3. The van der Waals surface area contributed by atoms with Gasteiger partial charge in [-0.05, 0) is 62.4 Å². The van der Waals surface area contributed by atoms with Crippen molar-refractivity contribution in [3.8, 4) is 0 Å². The van der Waals surface area contributed by atoms with Gasteiger partial charge in [-0.25, -0.2) is 4.39 Å². The largest absolute Gasteiger partial charge is 0.371 e. The third-order valence-corrected chi connectivity index (χ3v) is 4.84. The molecule has 0 aromatic heterocycles. The Balaban J connectivity index is 1.74. The SMILES string of the molecule is Cc1cc(N2CCC(c3cccc(F)c3)CC2)cc(C)c1[N+](=O)[O-]. The van der Waals surface area contributed by atoms with Crippen molar-refractivity contribution >= 4 is 11.4 Å². The number of nitrogens with zero attached hydrogens (tertiary/aromatic N) is 2. The highest BCUT2D eigenvalue weighted by atomic mass is 19.1. The van der Waals surface area contributed by atoms with Crippen LogP contribution in [0.3, 0.4) is 0 Å². The Morgan fingerprint density at radius 1 is 1.12 bits per heavy atom. The van der Waals surface area contributed by atoms with E-state index in [1.807, 2.05) is 18.2 Å². The highest BCUT2D eigenvalue weighted by Gasteiger charge is 2.23. The summed E-state index contributed by atoms with van der Waals surface area (Å²) < 4.78 is 13.4. The van der Waals surface area contributed by atoms with Crippen molar-refractivity contribution in [2.75, 3.05) is 18.0 Å². The van der Waals surface area contributed by atoms with Gasteiger partial charge >= 0.3 is 0 Å². The molecule has 1 aliphatic rings. The number of anilines is 1. The average molecular weight is 328 g/mol. The summed E-state index contributed by atoms with van der Waals surface area (Å²) in [6.07, 6.45) is 1.91. The minimum atomic E-state index is -0.315. The normalized spacial score (nSPS) is 15.5. The second-order valence-electron chi connectivity index (χ2n) is 6.50. The zero-order valence-corrected chi connectivity index (χ0v) is 14.0. The summed E-state index contributed by atoms with van der Waals surface area (Å²) in [7, 11) is 0. The van der Waals surface area contributed by atoms with Gasteiger partial charge in [0, 0.05) is 29.9 Å². The molecule has 4 nitrogen and oxygen atoms in total. The van der Waals surface area contributed by atoms with Crippen molar-refractivity contribution in [3.63, 3.8) is 0 Å². The fraction of sp³-hybridized carbons (Fsp3) is 0.368. The fourth-order valence-electron chi connectivity index (χ4n) is 3.64. The van der Waals surface area contributed by atoms with Gasteiger partial charge in [0.25, 0.3) is 5.69 Å². The predicted octanol–water partition coefficient (Wildman–Crippen LogP) is 4.73. The van der Waals surface area contributed by atoms with E-state index in [2.05, 4.69) is 4.90 Å². The second-order valence-corrected chi connectivity index (χ2v) is 6.50. The van der Waals surface area contributed by atoms with Crippen LogP contribution in [0.25, 0.3) is 0 Å². The summed E-state index contributed by atoms with van der Waals surface area (Å²) in [6, 6.07) is 10.6. The number of rotatable bonds is 3. The molecule has 2 aromatic carbocycles. The zero-order chi connectivity index (χ0) is 17.3. The van der Waals surface area contributed by atoms with Crippen LogP contribution in [-0.2, 0) is 0 Å². The van der Waals surface area contributed by atoms with Crippen LogP contribution in [0.15, 0.2) is 36.4 Å². The Kier molecular flexibility index (Phi) is 4.51. The topological polar surface area (TPSA) is 46.4 Å². The van der Waals surface area contributed by atoms with Gasteiger partial charge in [-0.2, -0.15) is 0 Å². The molecule has 0 unspecified atom stereocenters. The first kappa shape index (κ1) is 16.4. The van der Waals surface area contributed by atoms with Gasteiger partial charge in [-0.1, -0.05) is 12.1 Å². The first-order valence-corrected chi connectivity index (χ1v) is 8.22. The lowest BCUT2D eigenvalue weighted by molar-refractivity contribution is -0.386. The molecular formula is C19H21FN2O2. The summed E-state index contributed by atoms with van der Waals surface area (Å²) >= 11 is 0. The van der Waals surface area contributed by atoms with Crippen LogP contribution in [-0.4, -0.2) is 18.0 Å². The summed E-state index contributed by atoms with van der Waals surface area (Å²) in [5.41, 5.74) is 3.69. The van der Waals surface area contributed by atoms with Crippen LogP contribution in [0.2, 0.25) is 0 Å². The number of piperidine rings is 1. The molecule has 0 radical (unpaired) electrons. The van der Waals surface area contributed by atoms with Crippen molar-refractivity contribution in [1.82, 2.24) is 0 Å². The summed E-state index contributed by atoms with van der Waals surface area (Å²) in [5, 5.41) is 11.1. The van der Waals surface area contributed by atoms with E-state index < -0.39 is 0 Å². The van der Waals surface area contributed by atoms with E-state index in [-0.39, 0.29) is 16.4 Å². The molecule has 3 rings (SSSR count). The molecule has 24 heavy (non-hydrogen) atoms. The predicted molar refractivity (Wildman–Crippen MR) is 93.2 cm³/mol. The van der Waals surface area contributed by atoms with E-state index in [9.17, 15) is 14.5 Å². The molecule has 5 heteroatoms. The molecule has 0 saturated carbocycles. The first-order chi connectivity index (χ1) is 11.5. The van der Waals surface area contributed by atoms with Gasteiger partial charge in [0.2, 0.25) is 0 Å². The number of hydrogen-bond donors (Lipinski definition) is 0. The Morgan fingerprint density at radius 2 is 1.75 bits per heavy atom. The number of benzene rings is 2. The van der Waals surface area contributed by atoms with Crippen LogP contribution in [0, 0.1) is 29.8 Å². The maximum Gasteiger partial charge on any atom is 0.275 e. The van der Waals surface area contributed by atoms with Crippen LogP contribution in [0.1, 0.15) is 35.4 Å². The molecule has 0 spiro atoms. The average Bonchev–Trinajstić information content (AvgIpc) is 2.54. The van der Waals surface area contributed by atoms with Crippen LogP contribution < -0.4 is 4.90 Å². The summed E-state index contributed by atoms with van der Waals surface area (Å²) in [4.78, 5) is 13.1. The highest BCUT2D eigenvalue weighted by Crippen LogP contribution is 2.33. The third-order valence-electron chi connectivity index (χ3n) is 4.84. The van der Waals surface area contributed by atoms with Crippen LogP contribution >= 0.6 is 0 Å². The molecule has 0 aliphatic carbocycles. The smallest absolute Gasteiger partial charge is 0.275 e. The van der Waals surface area contributed by atoms with Crippen molar-refractivity contribution in [1.29, 1.82) is 0 Å². The number of halogens is 1. The van der Waals surface area contributed by atoms with Gasteiger partial charge < -0.3 is 4.90 Å². The monoisotopic (exact) mass is 328 g/mol. The molecule has 126 valence electrons. The Hall–Kier alpha value is -2.43. The Labute approximate surface area is 141 Å². The lowest BCUT2D eigenvalue weighted by Crippen LogP contribution is -2.33. The van der Waals surface area contributed by atoms with E-state index in [0.29, 0.717) is 17.0 Å². The van der Waals surface area contributed by atoms with Gasteiger partial charge in [-0.3, -0.25) is 10.1 Å². The van der Waals surface area contributed by atoms with Gasteiger partial charge in [0.05, 0.1) is 4.92 Å². The van der Waals surface area contributed by atoms with E-state index in [1.165, 1.54) is 6.07 Å². The highest BCUT2D eigenvalue weighted by molar-refractivity contribution is 5.60. The number of hydrogen-bond acceptors (Lipinski definition) is 3. The quantitative estimate of drug-likeness (QED) is 0.604. The minimum Gasteiger partial charge on any atom is -0.371 e. The third kappa shape index (κ3) is 3.25.